The molecule has 2 fully saturated rings. The molecule has 13 heavy (non-hydrogen) atoms. The number of hydrogen-bond donors (Lipinski definition) is 0. The van der Waals surface area contributed by atoms with Gasteiger partial charge in [-0.25, -0.2) is 0 Å². The highest BCUT2D eigenvalue weighted by Gasteiger charge is 2.48. The summed E-state index contributed by atoms with van der Waals surface area (Å²) in [5.41, 5.74) is 1.46. The molecule has 0 aromatic heterocycles. The Morgan fingerprint density at radius 3 is 2.08 bits per heavy atom. The third kappa shape index (κ3) is 1.78. The van der Waals surface area contributed by atoms with Crippen LogP contribution in [0.15, 0.2) is 0 Å². The molecule has 76 valence electrons. The van der Waals surface area contributed by atoms with Crippen molar-refractivity contribution in [1.29, 1.82) is 0 Å². The second-order valence-electron chi connectivity index (χ2n) is 6.36. The van der Waals surface area contributed by atoms with Crippen LogP contribution in [0, 0.1) is 16.7 Å². The van der Waals surface area contributed by atoms with Gasteiger partial charge in [0.15, 0.2) is 0 Å². The Balaban J connectivity index is 2.07. The quantitative estimate of drug-likeness (QED) is 0.591. The summed E-state index contributed by atoms with van der Waals surface area (Å²) in [4.78, 5) is 0. The summed E-state index contributed by atoms with van der Waals surface area (Å²) >= 11 is 0. The molecule has 2 atom stereocenters. The van der Waals surface area contributed by atoms with E-state index in [1.54, 1.807) is 0 Å². The summed E-state index contributed by atoms with van der Waals surface area (Å²) in [6.45, 7) is 7.39. The second-order valence-corrected chi connectivity index (χ2v) is 6.36. The molecule has 0 aliphatic heterocycles. The molecule has 2 unspecified atom stereocenters. The molecular formula is C13H24. The van der Waals surface area contributed by atoms with Crippen LogP contribution in [0.5, 0.6) is 0 Å². The lowest BCUT2D eigenvalue weighted by Crippen LogP contribution is -2.29. The minimum absolute atomic E-state index is 0.729. The van der Waals surface area contributed by atoms with Crippen molar-refractivity contribution >= 4 is 0 Å². The highest BCUT2D eigenvalue weighted by atomic mass is 14.5. The van der Waals surface area contributed by atoms with E-state index in [9.17, 15) is 0 Å². The van der Waals surface area contributed by atoms with Crippen LogP contribution in [0.3, 0.4) is 0 Å². The first-order valence-corrected chi connectivity index (χ1v) is 6.05. The molecule has 0 aromatic rings. The van der Waals surface area contributed by atoms with Crippen molar-refractivity contribution < 1.29 is 0 Å². The fourth-order valence-electron chi connectivity index (χ4n) is 4.24. The molecule has 2 rings (SSSR count). The summed E-state index contributed by atoms with van der Waals surface area (Å²) in [5.74, 6) is 1.05. The summed E-state index contributed by atoms with van der Waals surface area (Å²) in [7, 11) is 0. The highest BCUT2D eigenvalue weighted by Crippen LogP contribution is 2.60. The minimum Gasteiger partial charge on any atom is -0.0654 e. The Hall–Kier alpha value is 0. The van der Waals surface area contributed by atoms with Gasteiger partial charge in [-0.05, 0) is 48.9 Å². The molecule has 0 nitrogen and oxygen atoms in total. The smallest absolute Gasteiger partial charge is 0.0318 e. The molecule has 2 bridgehead atoms. The average Bonchev–Trinajstić information content (AvgIpc) is 2.21. The van der Waals surface area contributed by atoms with E-state index in [4.69, 9.17) is 0 Å². The van der Waals surface area contributed by atoms with Gasteiger partial charge in [0.2, 0.25) is 0 Å². The molecule has 0 heteroatoms. The van der Waals surface area contributed by atoms with Crippen molar-refractivity contribution in [3.63, 3.8) is 0 Å². The summed E-state index contributed by atoms with van der Waals surface area (Å²) in [6.07, 6.45) is 10.4. The van der Waals surface area contributed by atoms with Crippen molar-refractivity contribution in [1.82, 2.24) is 0 Å². The first kappa shape index (κ1) is 9.55. The Morgan fingerprint density at radius 1 is 1.08 bits per heavy atom. The Kier molecular flexibility index (Phi) is 2.20. The second kappa shape index (κ2) is 3.00. The van der Waals surface area contributed by atoms with Crippen molar-refractivity contribution in [2.24, 2.45) is 16.7 Å². The van der Waals surface area contributed by atoms with Gasteiger partial charge in [-0.3, -0.25) is 0 Å². The molecule has 0 saturated heterocycles. The monoisotopic (exact) mass is 180 g/mol. The normalized spacial score (nSPS) is 49.6. The van der Waals surface area contributed by atoms with E-state index >= 15 is 0 Å². The van der Waals surface area contributed by atoms with Crippen LogP contribution in [-0.2, 0) is 0 Å². The summed E-state index contributed by atoms with van der Waals surface area (Å²) in [6, 6.07) is 0. The van der Waals surface area contributed by atoms with Crippen molar-refractivity contribution in [3.8, 4) is 0 Å². The lowest BCUT2D eigenvalue weighted by Gasteiger charge is -2.40. The summed E-state index contributed by atoms with van der Waals surface area (Å²) in [5, 5.41) is 0. The predicted molar refractivity (Wildman–Crippen MR) is 57.7 cm³/mol. The zero-order valence-corrected chi connectivity index (χ0v) is 9.53. The topological polar surface area (TPSA) is 0 Å². The average molecular weight is 180 g/mol. The minimum atomic E-state index is 0.729. The van der Waals surface area contributed by atoms with E-state index in [2.05, 4.69) is 20.8 Å². The van der Waals surface area contributed by atoms with Gasteiger partial charge in [0.25, 0.3) is 0 Å². The first-order chi connectivity index (χ1) is 6.05. The van der Waals surface area contributed by atoms with Gasteiger partial charge in [-0.15, -0.1) is 0 Å². The SMILES string of the molecule is CCCC1CC2(C)CCC(C)(C1)C2. The molecule has 0 aromatic carbocycles. The molecule has 2 aliphatic carbocycles. The molecule has 0 spiro atoms. The maximum absolute atomic E-state index is 2.53. The molecule has 0 heterocycles. The number of fused-ring (bicyclic) bond motifs is 2. The third-order valence-corrected chi connectivity index (χ3v) is 4.45. The van der Waals surface area contributed by atoms with E-state index in [1.807, 2.05) is 0 Å². The maximum atomic E-state index is 2.53. The molecular weight excluding hydrogens is 156 g/mol. The van der Waals surface area contributed by atoms with Crippen LogP contribution in [0.4, 0.5) is 0 Å². The maximum Gasteiger partial charge on any atom is -0.0318 e. The molecule has 2 saturated carbocycles. The van der Waals surface area contributed by atoms with Crippen molar-refractivity contribution in [2.45, 2.75) is 65.7 Å². The van der Waals surface area contributed by atoms with Crippen LogP contribution in [0.1, 0.15) is 65.7 Å². The van der Waals surface area contributed by atoms with Gasteiger partial charge in [0.05, 0.1) is 0 Å². The fourth-order valence-corrected chi connectivity index (χ4v) is 4.24. The Morgan fingerprint density at radius 2 is 1.62 bits per heavy atom. The highest BCUT2D eigenvalue weighted by molar-refractivity contribution is 4.99. The summed E-state index contributed by atoms with van der Waals surface area (Å²) < 4.78 is 0. The van der Waals surface area contributed by atoms with Crippen LogP contribution < -0.4 is 0 Å². The fraction of sp³-hybridized carbons (Fsp3) is 1.00. The Labute approximate surface area is 83.1 Å². The lowest BCUT2D eigenvalue weighted by atomic mass is 9.65. The predicted octanol–water partition coefficient (Wildman–Crippen LogP) is 4.39. The Bertz CT molecular complexity index is 178. The van der Waals surface area contributed by atoms with Crippen LogP contribution in [-0.4, -0.2) is 0 Å². The van der Waals surface area contributed by atoms with Gasteiger partial charge in [-0.1, -0.05) is 33.6 Å². The van der Waals surface area contributed by atoms with Crippen LogP contribution >= 0.6 is 0 Å². The van der Waals surface area contributed by atoms with E-state index in [0.29, 0.717) is 0 Å². The zero-order valence-electron chi connectivity index (χ0n) is 9.53. The van der Waals surface area contributed by atoms with E-state index in [1.165, 1.54) is 44.9 Å². The molecule has 0 radical (unpaired) electrons. The van der Waals surface area contributed by atoms with Crippen molar-refractivity contribution in [2.75, 3.05) is 0 Å². The van der Waals surface area contributed by atoms with E-state index < -0.39 is 0 Å². The molecule has 0 amide bonds. The van der Waals surface area contributed by atoms with E-state index in [0.717, 1.165) is 16.7 Å². The third-order valence-electron chi connectivity index (χ3n) is 4.45. The van der Waals surface area contributed by atoms with E-state index in [-0.39, 0.29) is 0 Å². The van der Waals surface area contributed by atoms with Gasteiger partial charge in [0, 0.05) is 0 Å². The lowest BCUT2D eigenvalue weighted by molar-refractivity contribution is 0.109. The van der Waals surface area contributed by atoms with Gasteiger partial charge in [0.1, 0.15) is 0 Å². The molecule has 2 aliphatic rings. The number of hydrogen-bond acceptors (Lipinski definition) is 0. The van der Waals surface area contributed by atoms with Crippen molar-refractivity contribution in [3.05, 3.63) is 0 Å². The molecule has 0 N–H and O–H groups in total. The zero-order chi connectivity index (χ0) is 9.53. The van der Waals surface area contributed by atoms with Crippen LogP contribution in [0.2, 0.25) is 0 Å². The standard InChI is InChI=1S/C13H24/c1-4-5-11-8-12(2)6-7-13(3,9-11)10-12/h11H,4-10H2,1-3H3. The van der Waals surface area contributed by atoms with Gasteiger partial charge in [-0.2, -0.15) is 0 Å². The largest absolute Gasteiger partial charge is 0.0654 e. The number of rotatable bonds is 2. The van der Waals surface area contributed by atoms with Gasteiger partial charge >= 0.3 is 0 Å². The van der Waals surface area contributed by atoms with Gasteiger partial charge < -0.3 is 0 Å². The van der Waals surface area contributed by atoms with Crippen LogP contribution in [0.25, 0.3) is 0 Å². The first-order valence-electron chi connectivity index (χ1n) is 6.05.